The first-order chi connectivity index (χ1) is 11.7. The van der Waals surface area contributed by atoms with Crippen LogP contribution in [-0.4, -0.2) is 22.7 Å². The summed E-state index contributed by atoms with van der Waals surface area (Å²) in [4.78, 5) is 8.75. The van der Waals surface area contributed by atoms with Crippen LogP contribution in [0, 0.1) is 5.92 Å². The molecular formula is C21H22N2S. The van der Waals surface area contributed by atoms with Crippen molar-refractivity contribution in [2.45, 2.75) is 26.3 Å². The molecule has 0 saturated carbocycles. The van der Waals surface area contributed by atoms with E-state index in [1.165, 1.54) is 26.9 Å². The number of nitrogens with zero attached hydrogens (tertiary/aromatic N) is 2. The van der Waals surface area contributed by atoms with Crippen LogP contribution in [0.2, 0.25) is 0 Å². The first-order valence-corrected chi connectivity index (χ1v) is 9.42. The van der Waals surface area contributed by atoms with Crippen molar-refractivity contribution in [1.29, 1.82) is 0 Å². The van der Waals surface area contributed by atoms with E-state index in [0.29, 0.717) is 12.0 Å². The number of amidine groups is 1. The Hall–Kier alpha value is -2.00. The summed E-state index contributed by atoms with van der Waals surface area (Å²) in [7, 11) is 0. The van der Waals surface area contributed by atoms with Crippen LogP contribution in [0.3, 0.4) is 0 Å². The molecule has 0 aliphatic carbocycles. The molecule has 2 heterocycles. The van der Waals surface area contributed by atoms with Gasteiger partial charge in [0.2, 0.25) is 0 Å². The smallest absolute Gasteiger partial charge is 0.169 e. The highest BCUT2D eigenvalue weighted by molar-refractivity contribution is 8.22. The standard InChI is InChI=1S/C21H22N2S/c1-15(2)13-18-14-23-19(16-9-5-3-6-10-16)20(24-21(23)22-18)17-11-7-4-8-12-17/h3-12,15,18H,13-14H2,1-2H3/t18-/m0/s1. The minimum absolute atomic E-state index is 0.420. The molecule has 24 heavy (non-hydrogen) atoms. The monoisotopic (exact) mass is 334 g/mol. The molecule has 2 aromatic carbocycles. The predicted octanol–water partition coefficient (Wildman–Crippen LogP) is 5.35. The molecule has 0 aromatic heterocycles. The van der Waals surface area contributed by atoms with E-state index in [9.17, 15) is 0 Å². The van der Waals surface area contributed by atoms with Gasteiger partial charge in [0.05, 0.1) is 11.7 Å². The number of hydrogen-bond acceptors (Lipinski definition) is 3. The quantitative estimate of drug-likeness (QED) is 0.749. The second-order valence-corrected chi connectivity index (χ2v) is 7.80. The van der Waals surface area contributed by atoms with E-state index in [4.69, 9.17) is 4.99 Å². The lowest BCUT2D eigenvalue weighted by Crippen LogP contribution is -2.24. The fourth-order valence-electron chi connectivity index (χ4n) is 3.43. The molecule has 2 aliphatic rings. The second kappa shape index (κ2) is 6.48. The van der Waals surface area contributed by atoms with Gasteiger partial charge in [0.1, 0.15) is 0 Å². The second-order valence-electron chi connectivity index (χ2n) is 6.82. The van der Waals surface area contributed by atoms with Crippen molar-refractivity contribution in [2.75, 3.05) is 6.54 Å². The van der Waals surface area contributed by atoms with Crippen LogP contribution >= 0.6 is 11.8 Å². The van der Waals surface area contributed by atoms with E-state index in [-0.39, 0.29) is 0 Å². The molecule has 122 valence electrons. The van der Waals surface area contributed by atoms with Crippen LogP contribution in [0.4, 0.5) is 0 Å². The van der Waals surface area contributed by atoms with Crippen LogP contribution in [0.1, 0.15) is 31.4 Å². The van der Waals surface area contributed by atoms with E-state index in [2.05, 4.69) is 79.4 Å². The Labute approximate surface area is 148 Å². The van der Waals surface area contributed by atoms with Crippen molar-refractivity contribution in [2.24, 2.45) is 10.9 Å². The molecule has 1 atom stereocenters. The largest absolute Gasteiger partial charge is 0.317 e. The molecule has 0 spiro atoms. The molecule has 0 N–H and O–H groups in total. The molecule has 2 aliphatic heterocycles. The van der Waals surface area contributed by atoms with E-state index in [1.807, 2.05) is 11.8 Å². The van der Waals surface area contributed by atoms with Gasteiger partial charge in [-0.15, -0.1) is 0 Å². The highest BCUT2D eigenvalue weighted by Crippen LogP contribution is 2.47. The lowest BCUT2D eigenvalue weighted by molar-refractivity contribution is 0.466. The molecule has 0 unspecified atom stereocenters. The molecule has 0 bridgehead atoms. The zero-order chi connectivity index (χ0) is 16.5. The SMILES string of the molecule is CC(C)C[C@H]1CN2C(=N1)SC(c1ccccc1)=C2c1ccccc1. The molecule has 0 amide bonds. The van der Waals surface area contributed by atoms with Gasteiger partial charge in [-0.2, -0.15) is 0 Å². The summed E-state index contributed by atoms with van der Waals surface area (Å²) in [5.74, 6) is 0.683. The number of rotatable bonds is 4. The van der Waals surface area contributed by atoms with E-state index < -0.39 is 0 Å². The van der Waals surface area contributed by atoms with Gasteiger partial charge >= 0.3 is 0 Å². The maximum Gasteiger partial charge on any atom is 0.169 e. The van der Waals surface area contributed by atoms with Gasteiger partial charge in [-0.3, -0.25) is 4.99 Å². The molecule has 0 radical (unpaired) electrons. The lowest BCUT2D eigenvalue weighted by atomic mass is 10.0. The van der Waals surface area contributed by atoms with Gasteiger partial charge in [-0.25, -0.2) is 0 Å². The van der Waals surface area contributed by atoms with Crippen molar-refractivity contribution in [3.8, 4) is 0 Å². The minimum Gasteiger partial charge on any atom is -0.317 e. The predicted molar refractivity (Wildman–Crippen MR) is 105 cm³/mol. The first kappa shape index (κ1) is 15.5. The summed E-state index contributed by atoms with van der Waals surface area (Å²) in [6.45, 7) is 5.56. The number of aliphatic imine (C=N–C) groups is 1. The maximum atomic E-state index is 5.01. The highest BCUT2D eigenvalue weighted by Gasteiger charge is 2.37. The normalized spacial score (nSPS) is 19.9. The Morgan fingerprint density at radius 1 is 1.00 bits per heavy atom. The van der Waals surface area contributed by atoms with Gasteiger partial charge in [-0.05, 0) is 35.2 Å². The molecule has 0 saturated heterocycles. The summed E-state index contributed by atoms with van der Waals surface area (Å²) in [5.41, 5.74) is 3.87. The summed E-state index contributed by atoms with van der Waals surface area (Å²) >= 11 is 1.82. The fourth-order valence-corrected chi connectivity index (χ4v) is 4.66. The van der Waals surface area contributed by atoms with Gasteiger partial charge in [0, 0.05) is 11.4 Å². The van der Waals surface area contributed by atoms with Crippen LogP contribution in [-0.2, 0) is 0 Å². The third kappa shape index (κ3) is 2.89. The van der Waals surface area contributed by atoms with E-state index >= 15 is 0 Å². The van der Waals surface area contributed by atoms with Crippen LogP contribution < -0.4 is 0 Å². The Bertz CT molecular complexity index is 778. The Morgan fingerprint density at radius 3 is 2.25 bits per heavy atom. The van der Waals surface area contributed by atoms with E-state index in [1.54, 1.807) is 0 Å². The van der Waals surface area contributed by atoms with Gasteiger partial charge in [0.25, 0.3) is 0 Å². The number of fused-ring (bicyclic) bond motifs is 1. The summed E-state index contributed by atoms with van der Waals surface area (Å²) < 4.78 is 0. The van der Waals surface area contributed by atoms with Crippen molar-refractivity contribution < 1.29 is 0 Å². The topological polar surface area (TPSA) is 15.6 Å². The van der Waals surface area contributed by atoms with Crippen molar-refractivity contribution >= 4 is 27.5 Å². The molecule has 4 rings (SSSR count). The van der Waals surface area contributed by atoms with Gasteiger partial charge in [-0.1, -0.05) is 74.5 Å². The molecule has 3 heteroatoms. The van der Waals surface area contributed by atoms with Crippen LogP contribution in [0.15, 0.2) is 65.7 Å². The van der Waals surface area contributed by atoms with Crippen molar-refractivity contribution in [3.05, 3.63) is 71.8 Å². The Kier molecular flexibility index (Phi) is 4.19. The Balaban J connectivity index is 1.75. The van der Waals surface area contributed by atoms with Crippen molar-refractivity contribution in [1.82, 2.24) is 4.90 Å². The van der Waals surface area contributed by atoms with Crippen molar-refractivity contribution in [3.63, 3.8) is 0 Å². The molecule has 0 fully saturated rings. The third-order valence-corrected chi connectivity index (χ3v) is 5.56. The minimum atomic E-state index is 0.420. The van der Waals surface area contributed by atoms with E-state index in [0.717, 1.165) is 13.0 Å². The summed E-state index contributed by atoms with van der Waals surface area (Å²) in [6.07, 6.45) is 1.16. The first-order valence-electron chi connectivity index (χ1n) is 8.60. The fraction of sp³-hybridized carbons (Fsp3) is 0.286. The lowest BCUT2D eigenvalue weighted by Gasteiger charge is -2.20. The molecule has 2 nitrogen and oxygen atoms in total. The number of hydrogen-bond donors (Lipinski definition) is 0. The average Bonchev–Trinajstić information content (AvgIpc) is 3.12. The zero-order valence-corrected chi connectivity index (χ0v) is 15.0. The zero-order valence-electron chi connectivity index (χ0n) is 14.1. The Morgan fingerprint density at radius 2 is 1.62 bits per heavy atom. The third-order valence-electron chi connectivity index (χ3n) is 4.42. The maximum absolute atomic E-state index is 5.01. The number of benzene rings is 2. The highest BCUT2D eigenvalue weighted by atomic mass is 32.2. The van der Waals surface area contributed by atoms with Crippen LogP contribution in [0.25, 0.3) is 10.6 Å². The van der Waals surface area contributed by atoms with Gasteiger partial charge < -0.3 is 4.90 Å². The van der Waals surface area contributed by atoms with Gasteiger partial charge in [0.15, 0.2) is 5.17 Å². The molecular weight excluding hydrogens is 312 g/mol. The summed E-state index contributed by atoms with van der Waals surface area (Å²) in [6, 6.07) is 21.8. The molecule has 2 aromatic rings. The number of thioether (sulfide) groups is 1. The van der Waals surface area contributed by atoms with Crippen LogP contribution in [0.5, 0.6) is 0 Å². The summed E-state index contributed by atoms with van der Waals surface area (Å²) in [5, 5.41) is 1.17. The average molecular weight is 334 g/mol.